The van der Waals surface area contributed by atoms with Crippen LogP contribution in [0.25, 0.3) is 0 Å². The summed E-state index contributed by atoms with van der Waals surface area (Å²) in [4.78, 5) is 10.7. The number of benzene rings is 1. The highest BCUT2D eigenvalue weighted by molar-refractivity contribution is 7.99. The highest BCUT2D eigenvalue weighted by Gasteiger charge is 2.32. The number of nitro benzene ring substituents is 1. The third-order valence-electron chi connectivity index (χ3n) is 3.85. The Morgan fingerprint density at radius 2 is 2.21 bits per heavy atom. The molecule has 0 amide bonds. The highest BCUT2D eigenvalue weighted by atomic mass is 32.2. The number of thioether (sulfide) groups is 1. The lowest BCUT2D eigenvalue weighted by atomic mass is 9.82. The van der Waals surface area contributed by atoms with Gasteiger partial charge in [-0.3, -0.25) is 10.1 Å². The van der Waals surface area contributed by atoms with Crippen molar-refractivity contribution in [2.24, 2.45) is 5.41 Å². The van der Waals surface area contributed by atoms with E-state index in [4.69, 9.17) is 0 Å². The van der Waals surface area contributed by atoms with Gasteiger partial charge in [0.1, 0.15) is 0 Å². The van der Waals surface area contributed by atoms with Gasteiger partial charge in [-0.25, -0.2) is 0 Å². The number of nitro groups is 1. The molecule has 0 spiro atoms. The average Bonchev–Trinajstić information content (AvgIpc) is 2.37. The summed E-state index contributed by atoms with van der Waals surface area (Å²) in [6.07, 6.45) is 1.19. The topological polar surface area (TPSA) is 55.2 Å². The van der Waals surface area contributed by atoms with Gasteiger partial charge in [-0.2, -0.15) is 11.8 Å². The quantitative estimate of drug-likeness (QED) is 0.679. The fourth-order valence-corrected chi connectivity index (χ4v) is 3.98. The molecule has 1 unspecified atom stereocenters. The van der Waals surface area contributed by atoms with Gasteiger partial charge in [0.05, 0.1) is 4.92 Å². The largest absolute Gasteiger partial charge is 0.308 e. The van der Waals surface area contributed by atoms with Gasteiger partial charge < -0.3 is 5.32 Å². The average molecular weight is 280 g/mol. The van der Waals surface area contributed by atoms with E-state index in [1.54, 1.807) is 12.1 Å². The van der Waals surface area contributed by atoms with Gasteiger partial charge in [0.2, 0.25) is 0 Å². The van der Waals surface area contributed by atoms with Gasteiger partial charge in [-0.05, 0) is 17.6 Å². The molecule has 104 valence electrons. The fourth-order valence-electron chi connectivity index (χ4n) is 2.34. The van der Waals surface area contributed by atoms with Gasteiger partial charge >= 0.3 is 0 Å². The molecule has 0 aliphatic carbocycles. The maximum atomic E-state index is 11.0. The van der Waals surface area contributed by atoms with Crippen LogP contribution in [-0.2, 0) is 6.54 Å². The van der Waals surface area contributed by atoms with E-state index in [1.807, 2.05) is 23.9 Å². The maximum Gasteiger partial charge on any atom is 0.273 e. The van der Waals surface area contributed by atoms with E-state index in [-0.39, 0.29) is 16.0 Å². The predicted molar refractivity (Wildman–Crippen MR) is 79.4 cm³/mol. The first kappa shape index (κ1) is 14.3. The number of para-hydroxylation sites is 1. The van der Waals surface area contributed by atoms with Crippen LogP contribution >= 0.6 is 11.8 Å². The molecule has 1 saturated heterocycles. The van der Waals surface area contributed by atoms with Gasteiger partial charge in [0.25, 0.3) is 5.69 Å². The van der Waals surface area contributed by atoms with Gasteiger partial charge in [0.15, 0.2) is 0 Å². The molecule has 1 N–H and O–H groups in total. The molecular formula is C14H20N2O2S. The van der Waals surface area contributed by atoms with Crippen molar-refractivity contribution in [3.8, 4) is 0 Å². The summed E-state index contributed by atoms with van der Waals surface area (Å²) in [6.45, 7) is 5.10. The summed E-state index contributed by atoms with van der Waals surface area (Å²) in [5, 5.41) is 14.5. The van der Waals surface area contributed by atoms with E-state index in [2.05, 4.69) is 19.2 Å². The molecule has 4 nitrogen and oxygen atoms in total. The maximum absolute atomic E-state index is 11.0. The molecule has 1 aliphatic heterocycles. The van der Waals surface area contributed by atoms with Crippen molar-refractivity contribution in [2.45, 2.75) is 32.9 Å². The van der Waals surface area contributed by atoms with Crippen LogP contribution < -0.4 is 5.32 Å². The first-order chi connectivity index (χ1) is 9.00. The molecule has 2 rings (SSSR count). The summed E-state index contributed by atoms with van der Waals surface area (Å²) in [5.41, 5.74) is 1.23. The molecule has 1 aromatic carbocycles. The van der Waals surface area contributed by atoms with Crippen LogP contribution in [0.1, 0.15) is 25.8 Å². The number of nitrogens with zero attached hydrogens (tertiary/aromatic N) is 1. The SMILES string of the molecule is CC1(C)CCSCC1NCc1ccccc1[N+](=O)[O-]. The second-order valence-electron chi connectivity index (χ2n) is 5.63. The standard InChI is InChI=1S/C14H20N2O2S/c1-14(2)7-8-19-10-13(14)15-9-11-5-3-4-6-12(11)16(17)18/h3-6,13,15H,7-10H2,1-2H3. The first-order valence-corrected chi connectivity index (χ1v) is 7.69. The minimum Gasteiger partial charge on any atom is -0.308 e. The molecule has 19 heavy (non-hydrogen) atoms. The van der Waals surface area contributed by atoms with Crippen molar-refractivity contribution < 1.29 is 4.92 Å². The molecule has 1 aromatic rings. The summed E-state index contributed by atoms with van der Waals surface area (Å²) in [6, 6.07) is 7.37. The normalized spacial score (nSPS) is 22.1. The molecule has 1 fully saturated rings. The van der Waals surface area contributed by atoms with Crippen molar-refractivity contribution in [1.29, 1.82) is 0 Å². The zero-order valence-electron chi connectivity index (χ0n) is 11.4. The summed E-state index contributed by atoms with van der Waals surface area (Å²) in [5.74, 6) is 2.28. The highest BCUT2D eigenvalue weighted by Crippen LogP contribution is 2.34. The van der Waals surface area contributed by atoms with Gasteiger partial charge in [-0.1, -0.05) is 32.0 Å². The third kappa shape index (κ3) is 3.48. The Bertz CT molecular complexity index is 463. The molecule has 1 atom stereocenters. The van der Waals surface area contributed by atoms with Crippen molar-refractivity contribution in [3.63, 3.8) is 0 Å². The second kappa shape index (κ2) is 5.92. The Balaban J connectivity index is 2.04. The predicted octanol–water partition coefficient (Wildman–Crippen LogP) is 3.22. The smallest absolute Gasteiger partial charge is 0.273 e. The summed E-state index contributed by atoms with van der Waals surface area (Å²) < 4.78 is 0. The first-order valence-electron chi connectivity index (χ1n) is 6.54. The third-order valence-corrected chi connectivity index (χ3v) is 4.91. The molecule has 0 radical (unpaired) electrons. The van der Waals surface area contributed by atoms with E-state index < -0.39 is 0 Å². The lowest BCUT2D eigenvalue weighted by molar-refractivity contribution is -0.385. The van der Waals surface area contributed by atoms with Crippen LogP contribution in [0.4, 0.5) is 5.69 Å². The van der Waals surface area contributed by atoms with E-state index in [0.29, 0.717) is 12.6 Å². The van der Waals surface area contributed by atoms with E-state index in [0.717, 1.165) is 11.3 Å². The fraction of sp³-hybridized carbons (Fsp3) is 0.571. The van der Waals surface area contributed by atoms with Crippen molar-refractivity contribution in [1.82, 2.24) is 5.32 Å². The monoisotopic (exact) mass is 280 g/mol. The number of hydrogen-bond acceptors (Lipinski definition) is 4. The Morgan fingerprint density at radius 3 is 2.89 bits per heavy atom. The molecule has 0 saturated carbocycles. The number of nitrogens with one attached hydrogen (secondary N) is 1. The van der Waals surface area contributed by atoms with Gasteiger partial charge in [-0.15, -0.1) is 0 Å². The van der Waals surface area contributed by atoms with Crippen molar-refractivity contribution >= 4 is 17.4 Å². The number of hydrogen-bond donors (Lipinski definition) is 1. The van der Waals surface area contributed by atoms with Crippen LogP contribution in [0.5, 0.6) is 0 Å². The number of rotatable bonds is 4. The van der Waals surface area contributed by atoms with Gasteiger partial charge in [0, 0.05) is 30.0 Å². The van der Waals surface area contributed by atoms with Crippen LogP contribution in [0, 0.1) is 15.5 Å². The minimum atomic E-state index is -0.308. The summed E-state index contributed by atoms with van der Waals surface area (Å²) >= 11 is 1.95. The zero-order valence-corrected chi connectivity index (χ0v) is 12.2. The van der Waals surface area contributed by atoms with Crippen LogP contribution in [0.2, 0.25) is 0 Å². The van der Waals surface area contributed by atoms with E-state index >= 15 is 0 Å². The molecule has 0 bridgehead atoms. The Morgan fingerprint density at radius 1 is 1.47 bits per heavy atom. The summed E-state index contributed by atoms with van der Waals surface area (Å²) in [7, 11) is 0. The second-order valence-corrected chi connectivity index (χ2v) is 6.78. The van der Waals surface area contributed by atoms with Crippen LogP contribution in [-0.4, -0.2) is 22.5 Å². The van der Waals surface area contributed by atoms with Crippen molar-refractivity contribution in [3.05, 3.63) is 39.9 Å². The molecule has 1 heterocycles. The van der Waals surface area contributed by atoms with Crippen LogP contribution in [0.3, 0.4) is 0 Å². The van der Waals surface area contributed by atoms with Crippen molar-refractivity contribution in [2.75, 3.05) is 11.5 Å². The molecule has 5 heteroatoms. The Hall–Kier alpha value is -1.07. The minimum absolute atomic E-state index is 0.205. The molecular weight excluding hydrogens is 260 g/mol. The Kier molecular flexibility index (Phi) is 4.47. The molecule has 1 aliphatic rings. The lowest BCUT2D eigenvalue weighted by Gasteiger charge is -2.38. The van der Waals surface area contributed by atoms with E-state index in [1.165, 1.54) is 12.2 Å². The van der Waals surface area contributed by atoms with E-state index in [9.17, 15) is 10.1 Å². The van der Waals surface area contributed by atoms with Crippen LogP contribution in [0.15, 0.2) is 24.3 Å². The zero-order chi connectivity index (χ0) is 13.9. The Labute approximate surface area is 118 Å². The lowest BCUT2D eigenvalue weighted by Crippen LogP contribution is -2.46. The molecule has 0 aromatic heterocycles.